The molecule has 0 N–H and O–H groups in total. The fraction of sp³-hybridized carbons (Fsp3) is 0.300. The van der Waals surface area contributed by atoms with E-state index in [1.165, 1.54) is 0 Å². The summed E-state index contributed by atoms with van der Waals surface area (Å²) in [5.74, 6) is 0.604. The van der Waals surface area contributed by atoms with E-state index in [0.29, 0.717) is 23.0 Å². The minimum absolute atomic E-state index is 0.00287. The monoisotopic (exact) mass is 381 g/mol. The van der Waals surface area contributed by atoms with Crippen LogP contribution in [0.25, 0.3) is 11.4 Å². The number of aromatic nitrogens is 4. The maximum absolute atomic E-state index is 13.0. The van der Waals surface area contributed by atoms with Crippen LogP contribution in [-0.4, -0.2) is 44.1 Å². The normalized spacial score (nSPS) is 17.1. The molecule has 0 spiro atoms. The van der Waals surface area contributed by atoms with E-state index in [9.17, 15) is 4.79 Å². The second kappa shape index (κ2) is 7.48. The maximum atomic E-state index is 13.0. The van der Waals surface area contributed by atoms with Gasteiger partial charge in [0.25, 0.3) is 5.91 Å². The molecule has 1 atom stereocenters. The summed E-state index contributed by atoms with van der Waals surface area (Å²) in [7, 11) is 0. The molecule has 0 bridgehead atoms. The van der Waals surface area contributed by atoms with Gasteiger partial charge < -0.3 is 4.90 Å². The molecule has 138 valence electrons. The zero-order chi connectivity index (χ0) is 18.8. The first-order valence-corrected chi connectivity index (χ1v) is 9.40. The van der Waals surface area contributed by atoms with E-state index in [4.69, 9.17) is 11.6 Å². The van der Waals surface area contributed by atoms with E-state index >= 15 is 0 Å². The Labute approximate surface area is 162 Å². The molecule has 27 heavy (non-hydrogen) atoms. The lowest BCUT2D eigenvalue weighted by Gasteiger charge is -2.32. The highest BCUT2D eigenvalue weighted by atomic mass is 35.5. The molecule has 1 amide bonds. The third-order valence-electron chi connectivity index (χ3n) is 4.97. The molecule has 0 radical (unpaired) electrons. The minimum Gasteiger partial charge on any atom is -0.336 e. The van der Waals surface area contributed by atoms with Crippen LogP contribution in [0.1, 0.15) is 34.8 Å². The Hall–Kier alpha value is -2.73. The Bertz CT molecular complexity index is 956. The highest BCUT2D eigenvalue weighted by Crippen LogP contribution is 2.25. The standard InChI is InChI=1S/C20H20ClN5O/c1-14-17(10-5-11-18(14)21)20(27)25-12-6-9-16(13-25)26-23-19(22-24-26)15-7-3-2-4-8-15/h2-5,7-8,10-11,16H,6,9,12-13H2,1H3/t16-/m0/s1. The van der Waals surface area contributed by atoms with Crippen molar-refractivity contribution in [1.82, 2.24) is 25.1 Å². The molecule has 6 nitrogen and oxygen atoms in total. The molecule has 0 unspecified atom stereocenters. The van der Waals surface area contributed by atoms with E-state index in [-0.39, 0.29) is 11.9 Å². The number of carbonyl (C=O) groups excluding carboxylic acids is 1. The summed E-state index contributed by atoms with van der Waals surface area (Å²) in [6.07, 6.45) is 1.82. The number of carbonyl (C=O) groups is 1. The zero-order valence-electron chi connectivity index (χ0n) is 15.0. The van der Waals surface area contributed by atoms with Crippen molar-refractivity contribution in [1.29, 1.82) is 0 Å². The number of amides is 1. The molecule has 1 aliphatic rings. The van der Waals surface area contributed by atoms with Crippen molar-refractivity contribution in [3.8, 4) is 11.4 Å². The van der Waals surface area contributed by atoms with Crippen molar-refractivity contribution in [3.05, 3.63) is 64.7 Å². The number of nitrogens with zero attached hydrogens (tertiary/aromatic N) is 5. The molecule has 0 aliphatic carbocycles. The van der Waals surface area contributed by atoms with Gasteiger partial charge in [-0.1, -0.05) is 48.0 Å². The largest absolute Gasteiger partial charge is 0.336 e. The van der Waals surface area contributed by atoms with Crippen molar-refractivity contribution in [2.24, 2.45) is 0 Å². The Balaban J connectivity index is 1.52. The highest BCUT2D eigenvalue weighted by Gasteiger charge is 2.28. The third kappa shape index (κ3) is 3.57. The molecule has 2 heterocycles. The van der Waals surface area contributed by atoms with E-state index < -0.39 is 0 Å². The van der Waals surface area contributed by atoms with Crippen LogP contribution in [0.2, 0.25) is 5.02 Å². The second-order valence-corrected chi connectivity index (χ2v) is 7.17. The number of piperidine rings is 1. The summed E-state index contributed by atoms with van der Waals surface area (Å²) in [6.45, 7) is 3.17. The van der Waals surface area contributed by atoms with Crippen LogP contribution in [0.5, 0.6) is 0 Å². The van der Waals surface area contributed by atoms with Crippen LogP contribution in [0.15, 0.2) is 48.5 Å². The summed E-state index contributed by atoms with van der Waals surface area (Å²) in [4.78, 5) is 16.5. The van der Waals surface area contributed by atoms with E-state index in [1.807, 2.05) is 54.3 Å². The number of hydrogen-bond donors (Lipinski definition) is 0. The lowest BCUT2D eigenvalue weighted by atomic mass is 10.0. The van der Waals surface area contributed by atoms with Crippen LogP contribution in [0.4, 0.5) is 0 Å². The summed E-state index contributed by atoms with van der Waals surface area (Å²) in [6, 6.07) is 15.2. The predicted octanol–water partition coefficient (Wildman–Crippen LogP) is 3.78. The van der Waals surface area contributed by atoms with Crippen LogP contribution in [0.3, 0.4) is 0 Å². The molecule has 1 fully saturated rings. The topological polar surface area (TPSA) is 63.9 Å². The predicted molar refractivity (Wildman–Crippen MR) is 104 cm³/mol. The van der Waals surface area contributed by atoms with Crippen molar-refractivity contribution >= 4 is 17.5 Å². The Morgan fingerprint density at radius 3 is 2.78 bits per heavy atom. The van der Waals surface area contributed by atoms with Gasteiger partial charge in [-0.25, -0.2) is 0 Å². The van der Waals surface area contributed by atoms with Gasteiger partial charge in [0.05, 0.1) is 6.04 Å². The lowest BCUT2D eigenvalue weighted by molar-refractivity contribution is 0.0662. The molecular formula is C20H20ClN5O. The summed E-state index contributed by atoms with van der Waals surface area (Å²) < 4.78 is 0. The average Bonchev–Trinajstić information content (AvgIpc) is 3.21. The molecular weight excluding hydrogens is 362 g/mol. The first-order chi connectivity index (χ1) is 13.1. The summed E-state index contributed by atoms with van der Waals surface area (Å²) in [5.41, 5.74) is 2.40. The molecule has 1 aliphatic heterocycles. The fourth-order valence-electron chi connectivity index (χ4n) is 3.42. The fourth-order valence-corrected chi connectivity index (χ4v) is 3.59. The molecule has 3 aromatic rings. The molecule has 1 aromatic heterocycles. The van der Waals surface area contributed by atoms with Gasteiger partial charge in [-0.3, -0.25) is 4.79 Å². The summed E-state index contributed by atoms with van der Waals surface area (Å²) >= 11 is 6.18. The number of rotatable bonds is 3. The quantitative estimate of drug-likeness (QED) is 0.692. The van der Waals surface area contributed by atoms with Crippen molar-refractivity contribution in [2.75, 3.05) is 13.1 Å². The smallest absolute Gasteiger partial charge is 0.254 e. The first-order valence-electron chi connectivity index (χ1n) is 9.03. The molecule has 2 aromatic carbocycles. The summed E-state index contributed by atoms with van der Waals surface area (Å²) in [5, 5.41) is 13.6. The zero-order valence-corrected chi connectivity index (χ0v) is 15.8. The SMILES string of the molecule is Cc1c(Cl)cccc1C(=O)N1CCC[C@H](n2nnc(-c3ccccc3)n2)C1. The first kappa shape index (κ1) is 17.7. The van der Waals surface area contributed by atoms with Gasteiger partial charge in [0, 0.05) is 29.2 Å². The van der Waals surface area contributed by atoms with Crippen LogP contribution >= 0.6 is 11.6 Å². The molecule has 0 saturated carbocycles. The second-order valence-electron chi connectivity index (χ2n) is 6.76. The number of halogens is 1. The third-order valence-corrected chi connectivity index (χ3v) is 5.38. The van der Waals surface area contributed by atoms with Gasteiger partial charge in [0.1, 0.15) is 0 Å². The van der Waals surface area contributed by atoms with Gasteiger partial charge >= 0.3 is 0 Å². The Morgan fingerprint density at radius 1 is 1.15 bits per heavy atom. The van der Waals surface area contributed by atoms with E-state index in [2.05, 4.69) is 15.4 Å². The van der Waals surface area contributed by atoms with Gasteiger partial charge in [0.15, 0.2) is 0 Å². The number of benzene rings is 2. The Kier molecular flexibility index (Phi) is 4.90. The lowest BCUT2D eigenvalue weighted by Crippen LogP contribution is -2.41. The number of tetrazole rings is 1. The maximum Gasteiger partial charge on any atom is 0.254 e. The van der Waals surface area contributed by atoms with E-state index in [1.54, 1.807) is 10.9 Å². The number of likely N-dealkylation sites (tertiary alicyclic amines) is 1. The molecule has 7 heteroatoms. The van der Waals surface area contributed by atoms with Crippen molar-refractivity contribution in [2.45, 2.75) is 25.8 Å². The van der Waals surface area contributed by atoms with E-state index in [0.717, 1.165) is 30.5 Å². The van der Waals surface area contributed by atoms with Gasteiger partial charge in [-0.15, -0.1) is 10.2 Å². The van der Waals surface area contributed by atoms with Gasteiger partial charge in [-0.05, 0) is 42.7 Å². The molecule has 4 rings (SSSR count). The number of hydrogen-bond acceptors (Lipinski definition) is 4. The average molecular weight is 382 g/mol. The van der Waals surface area contributed by atoms with Crippen LogP contribution < -0.4 is 0 Å². The van der Waals surface area contributed by atoms with Crippen LogP contribution in [0, 0.1) is 6.92 Å². The van der Waals surface area contributed by atoms with Crippen LogP contribution in [-0.2, 0) is 0 Å². The molecule has 1 saturated heterocycles. The van der Waals surface area contributed by atoms with Gasteiger partial charge in [0.2, 0.25) is 5.82 Å². The Morgan fingerprint density at radius 2 is 1.96 bits per heavy atom. The van der Waals surface area contributed by atoms with Crippen molar-refractivity contribution < 1.29 is 4.79 Å². The van der Waals surface area contributed by atoms with Gasteiger partial charge in [-0.2, -0.15) is 4.80 Å². The minimum atomic E-state index is 0.00287. The van der Waals surface area contributed by atoms with Crippen molar-refractivity contribution in [3.63, 3.8) is 0 Å². The highest BCUT2D eigenvalue weighted by molar-refractivity contribution is 6.31.